The lowest BCUT2D eigenvalue weighted by Crippen LogP contribution is -2.44. The number of amides is 1. The van der Waals surface area contributed by atoms with Gasteiger partial charge >= 0.3 is 6.01 Å². The van der Waals surface area contributed by atoms with Crippen LogP contribution in [-0.2, 0) is 20.7 Å². The average molecular weight is 659 g/mol. The van der Waals surface area contributed by atoms with Crippen LogP contribution in [-0.4, -0.2) is 97.6 Å². The van der Waals surface area contributed by atoms with E-state index in [4.69, 9.17) is 25.6 Å². The Labute approximate surface area is 278 Å². The van der Waals surface area contributed by atoms with E-state index in [-0.39, 0.29) is 40.1 Å². The molecule has 2 atom stereocenters. The van der Waals surface area contributed by atoms with Gasteiger partial charge in [-0.25, -0.2) is 8.78 Å². The molecule has 2 saturated heterocycles. The predicted octanol–water partition coefficient (Wildman–Crippen LogP) is 3.75. The molecule has 0 bridgehead atoms. The lowest BCUT2D eigenvalue weighted by atomic mass is 9.78. The van der Waals surface area contributed by atoms with Gasteiger partial charge < -0.3 is 24.4 Å². The van der Waals surface area contributed by atoms with Gasteiger partial charge in [-0.3, -0.25) is 14.7 Å². The molecular formula is C36H40F2N6O4. The van der Waals surface area contributed by atoms with Crippen LogP contribution < -0.4 is 15.0 Å². The number of hydrogen-bond acceptors (Lipinski definition) is 9. The van der Waals surface area contributed by atoms with Crippen molar-refractivity contribution in [2.45, 2.75) is 44.1 Å². The Morgan fingerprint density at radius 2 is 2.00 bits per heavy atom. The van der Waals surface area contributed by atoms with Crippen molar-refractivity contribution in [1.82, 2.24) is 25.2 Å². The maximum Gasteiger partial charge on any atom is 0.319 e. The molecule has 12 heteroatoms. The van der Waals surface area contributed by atoms with Crippen LogP contribution in [0.1, 0.15) is 54.0 Å². The van der Waals surface area contributed by atoms with Crippen LogP contribution in [0, 0.1) is 29.4 Å². The summed E-state index contributed by atoms with van der Waals surface area (Å²) >= 11 is 0. The van der Waals surface area contributed by atoms with E-state index in [2.05, 4.69) is 32.7 Å². The highest BCUT2D eigenvalue weighted by Crippen LogP contribution is 2.47. The highest BCUT2D eigenvalue weighted by Gasteiger charge is 2.45. The SMILES string of the molecule is C#Cc1c(F)ccc2c1[C@@H](c1ncc3c(N4CCOC[C@H](NC(=O)C=C)C4)nc(OCC4(CN5CCOCC5)CC4)nc3c1F)CCC2. The second-order valence-electron chi connectivity index (χ2n) is 13.2. The molecule has 0 unspecified atom stereocenters. The molecule has 1 amide bonds. The van der Waals surface area contributed by atoms with Crippen molar-refractivity contribution in [2.24, 2.45) is 5.41 Å². The smallest absolute Gasteiger partial charge is 0.319 e. The van der Waals surface area contributed by atoms with E-state index in [1.165, 1.54) is 12.1 Å². The Bertz CT molecular complexity index is 1750. The number of nitrogens with one attached hydrogen (secondary N) is 1. The fourth-order valence-electron chi connectivity index (χ4n) is 7.22. The van der Waals surface area contributed by atoms with Crippen molar-refractivity contribution in [1.29, 1.82) is 0 Å². The maximum atomic E-state index is 16.9. The number of carbonyl (C=O) groups excluding carboxylic acids is 1. The molecule has 7 rings (SSSR count). The number of terminal acetylenes is 1. The summed E-state index contributed by atoms with van der Waals surface area (Å²) in [5, 5.41) is 3.31. The lowest BCUT2D eigenvalue weighted by Gasteiger charge is -2.30. The number of aryl methyl sites for hydroxylation is 1. The van der Waals surface area contributed by atoms with Crippen molar-refractivity contribution >= 4 is 22.6 Å². The molecule has 3 fully saturated rings. The lowest BCUT2D eigenvalue weighted by molar-refractivity contribution is -0.117. The molecule has 10 nitrogen and oxygen atoms in total. The normalized spacial score (nSPS) is 22.3. The monoisotopic (exact) mass is 658 g/mol. The number of rotatable bonds is 9. The Hall–Kier alpha value is -4.18. The fourth-order valence-corrected chi connectivity index (χ4v) is 7.22. The summed E-state index contributed by atoms with van der Waals surface area (Å²) in [6, 6.07) is 2.82. The summed E-state index contributed by atoms with van der Waals surface area (Å²) in [7, 11) is 0. The first-order valence-corrected chi connectivity index (χ1v) is 16.7. The van der Waals surface area contributed by atoms with Gasteiger partial charge in [0.2, 0.25) is 5.91 Å². The van der Waals surface area contributed by atoms with E-state index in [0.29, 0.717) is 56.1 Å². The number of fused-ring (bicyclic) bond motifs is 2. The molecule has 2 aliphatic heterocycles. The summed E-state index contributed by atoms with van der Waals surface area (Å²) in [5.74, 6) is 0.980. The molecule has 48 heavy (non-hydrogen) atoms. The highest BCUT2D eigenvalue weighted by atomic mass is 19.1. The Morgan fingerprint density at radius 1 is 1.19 bits per heavy atom. The van der Waals surface area contributed by atoms with Gasteiger partial charge in [-0.05, 0) is 55.4 Å². The van der Waals surface area contributed by atoms with Crippen molar-refractivity contribution in [3.63, 3.8) is 0 Å². The standard InChI is InChI=1S/C36H40F2N6O4/c1-3-25-28(37)9-8-23-6-5-7-26(30(23)25)32-31(38)33-27(18-39-32)34(44-14-17-47-20-24(19-44)40-29(45)4-2)42-35(41-33)48-22-36(10-11-36)21-43-12-15-46-16-13-43/h1,4,8-9,18,24,26H,2,5-7,10-17,19-22H2,(H,40,45)/t24-,26+/m1/s1. The van der Waals surface area contributed by atoms with E-state index in [0.717, 1.165) is 64.1 Å². The van der Waals surface area contributed by atoms with Crippen LogP contribution >= 0.6 is 0 Å². The number of ether oxygens (including phenoxy) is 3. The molecule has 2 aliphatic carbocycles. The zero-order valence-corrected chi connectivity index (χ0v) is 27.0. The Morgan fingerprint density at radius 3 is 2.77 bits per heavy atom. The fraction of sp³-hybridized carbons (Fsp3) is 0.500. The molecule has 4 aliphatic rings. The number of pyridine rings is 1. The van der Waals surface area contributed by atoms with Gasteiger partial charge in [-0.2, -0.15) is 9.97 Å². The first-order chi connectivity index (χ1) is 23.4. The van der Waals surface area contributed by atoms with E-state index >= 15 is 4.39 Å². The second kappa shape index (κ2) is 13.7. The van der Waals surface area contributed by atoms with Crippen LogP contribution in [0.4, 0.5) is 14.6 Å². The molecule has 3 aromatic rings. The van der Waals surface area contributed by atoms with Crippen LogP contribution in [0.5, 0.6) is 6.01 Å². The van der Waals surface area contributed by atoms with Gasteiger partial charge in [0.15, 0.2) is 5.82 Å². The second-order valence-corrected chi connectivity index (χ2v) is 13.2. The summed E-state index contributed by atoms with van der Waals surface area (Å²) in [6.45, 7) is 9.53. The van der Waals surface area contributed by atoms with Gasteiger partial charge in [-0.15, -0.1) is 6.42 Å². The van der Waals surface area contributed by atoms with Crippen molar-refractivity contribution in [2.75, 3.05) is 70.7 Å². The molecule has 1 N–H and O–H groups in total. The van der Waals surface area contributed by atoms with Crippen LogP contribution in [0.3, 0.4) is 0 Å². The van der Waals surface area contributed by atoms with Gasteiger partial charge in [0.1, 0.15) is 17.2 Å². The highest BCUT2D eigenvalue weighted by molar-refractivity contribution is 5.90. The molecule has 1 aromatic carbocycles. The van der Waals surface area contributed by atoms with Gasteiger partial charge in [0.25, 0.3) is 0 Å². The van der Waals surface area contributed by atoms with Gasteiger partial charge in [0.05, 0.1) is 55.7 Å². The molecule has 4 heterocycles. The summed E-state index contributed by atoms with van der Waals surface area (Å²) < 4.78 is 49.4. The zero-order chi connectivity index (χ0) is 33.3. The number of benzene rings is 1. The molecular weight excluding hydrogens is 618 g/mol. The minimum absolute atomic E-state index is 0.0181. The summed E-state index contributed by atoms with van der Waals surface area (Å²) in [6.07, 6.45) is 12.7. The Kier molecular flexibility index (Phi) is 9.27. The third-order valence-electron chi connectivity index (χ3n) is 9.94. The number of anilines is 1. The largest absolute Gasteiger partial charge is 0.463 e. The molecule has 2 aromatic heterocycles. The number of aromatic nitrogens is 3. The molecule has 1 saturated carbocycles. The molecule has 252 valence electrons. The topological polar surface area (TPSA) is 102 Å². The van der Waals surface area contributed by atoms with Gasteiger partial charge in [0, 0.05) is 50.3 Å². The average Bonchev–Trinajstić information content (AvgIpc) is 3.91. The molecule has 0 spiro atoms. The zero-order valence-electron chi connectivity index (χ0n) is 27.0. The third kappa shape index (κ3) is 6.59. The van der Waals surface area contributed by atoms with Gasteiger partial charge in [-0.1, -0.05) is 18.6 Å². The van der Waals surface area contributed by atoms with Crippen LogP contribution in [0.25, 0.3) is 10.9 Å². The molecule has 0 radical (unpaired) electrons. The van der Waals surface area contributed by atoms with E-state index < -0.39 is 17.6 Å². The van der Waals surface area contributed by atoms with Crippen LogP contribution in [0.2, 0.25) is 0 Å². The Balaban J connectivity index is 1.27. The first-order valence-electron chi connectivity index (χ1n) is 16.7. The number of nitrogens with zero attached hydrogens (tertiary/aromatic N) is 5. The summed E-state index contributed by atoms with van der Waals surface area (Å²) in [5.41, 5.74) is 1.89. The predicted molar refractivity (Wildman–Crippen MR) is 176 cm³/mol. The van der Waals surface area contributed by atoms with E-state index in [1.807, 2.05) is 4.90 Å². The van der Waals surface area contributed by atoms with E-state index in [9.17, 15) is 9.18 Å². The number of hydrogen-bond donors (Lipinski definition) is 1. The van der Waals surface area contributed by atoms with Crippen molar-refractivity contribution in [3.8, 4) is 18.4 Å². The minimum atomic E-state index is -0.608. The van der Waals surface area contributed by atoms with Crippen LogP contribution in [0.15, 0.2) is 31.0 Å². The third-order valence-corrected chi connectivity index (χ3v) is 9.94. The van der Waals surface area contributed by atoms with Crippen molar-refractivity contribution < 1.29 is 27.8 Å². The van der Waals surface area contributed by atoms with Crippen molar-refractivity contribution in [3.05, 3.63) is 65.0 Å². The number of morpholine rings is 1. The first kappa shape index (κ1) is 32.4. The minimum Gasteiger partial charge on any atom is -0.463 e. The number of halogens is 2. The maximum absolute atomic E-state index is 16.9. The number of carbonyl (C=O) groups is 1. The summed E-state index contributed by atoms with van der Waals surface area (Å²) in [4.78, 5) is 30.6. The quantitative estimate of drug-likeness (QED) is 0.272. The van der Waals surface area contributed by atoms with E-state index in [1.54, 1.807) is 12.3 Å².